The third-order valence-electron chi connectivity index (χ3n) is 1.59. The molecule has 1 fully saturated rings. The summed E-state index contributed by atoms with van der Waals surface area (Å²) < 4.78 is 0. The van der Waals surface area contributed by atoms with Crippen LogP contribution in [0, 0.1) is 5.41 Å². The molecule has 1 aliphatic heterocycles. The second kappa shape index (κ2) is 2.73. The van der Waals surface area contributed by atoms with Gasteiger partial charge in [-0.2, -0.15) is 0 Å². The first-order valence-corrected chi connectivity index (χ1v) is 4.34. The molecule has 1 rings (SSSR count). The van der Waals surface area contributed by atoms with Crippen LogP contribution in [0.4, 0.5) is 0 Å². The van der Waals surface area contributed by atoms with Crippen molar-refractivity contribution in [2.45, 2.75) is 13.8 Å². The SMILES string of the molecule is CC1(C)C(=S)NC(=S)NC1=S. The van der Waals surface area contributed by atoms with Crippen molar-refractivity contribution in [2.24, 2.45) is 5.41 Å². The van der Waals surface area contributed by atoms with E-state index in [2.05, 4.69) is 10.6 Å². The molecule has 60 valence electrons. The molecule has 0 bridgehead atoms. The zero-order valence-electron chi connectivity index (χ0n) is 6.22. The molecule has 0 aromatic rings. The molecule has 0 aromatic heterocycles. The van der Waals surface area contributed by atoms with Gasteiger partial charge in [-0.3, -0.25) is 0 Å². The summed E-state index contributed by atoms with van der Waals surface area (Å²) in [6, 6.07) is 0. The Morgan fingerprint density at radius 1 is 1.00 bits per heavy atom. The molecule has 0 spiro atoms. The van der Waals surface area contributed by atoms with Gasteiger partial charge in [0, 0.05) is 0 Å². The number of nitrogens with one attached hydrogen (secondary N) is 2. The van der Waals surface area contributed by atoms with Crippen LogP contribution < -0.4 is 10.6 Å². The summed E-state index contributed by atoms with van der Waals surface area (Å²) in [4.78, 5) is 1.37. The monoisotopic (exact) mass is 204 g/mol. The zero-order valence-corrected chi connectivity index (χ0v) is 8.67. The lowest BCUT2D eigenvalue weighted by atomic mass is 9.92. The van der Waals surface area contributed by atoms with Crippen molar-refractivity contribution >= 4 is 51.7 Å². The van der Waals surface area contributed by atoms with Crippen molar-refractivity contribution < 1.29 is 0 Å². The summed E-state index contributed by atoms with van der Waals surface area (Å²) in [5.74, 6) is 0. The number of thiocarbonyl (C=S) groups is 3. The van der Waals surface area contributed by atoms with E-state index < -0.39 is 0 Å². The Morgan fingerprint density at radius 2 is 1.36 bits per heavy atom. The Kier molecular flexibility index (Phi) is 2.22. The molecule has 0 aliphatic carbocycles. The number of hydrogen-bond donors (Lipinski definition) is 2. The minimum Gasteiger partial charge on any atom is -0.326 e. The van der Waals surface area contributed by atoms with Gasteiger partial charge in [-0.15, -0.1) is 0 Å². The molecule has 1 aliphatic rings. The van der Waals surface area contributed by atoms with Crippen molar-refractivity contribution in [3.05, 3.63) is 0 Å². The molecular weight excluding hydrogens is 196 g/mol. The summed E-state index contributed by atoms with van der Waals surface area (Å²) in [5, 5.41) is 6.23. The predicted molar refractivity (Wildman–Crippen MR) is 57.8 cm³/mol. The number of rotatable bonds is 0. The maximum Gasteiger partial charge on any atom is 0.176 e. The van der Waals surface area contributed by atoms with Crippen LogP contribution in [0.5, 0.6) is 0 Å². The van der Waals surface area contributed by atoms with Gasteiger partial charge in [0.15, 0.2) is 5.11 Å². The third kappa shape index (κ3) is 1.55. The summed E-state index contributed by atoms with van der Waals surface area (Å²) in [6.45, 7) is 3.92. The molecule has 0 aromatic carbocycles. The summed E-state index contributed by atoms with van der Waals surface area (Å²) in [7, 11) is 0. The smallest absolute Gasteiger partial charge is 0.176 e. The van der Waals surface area contributed by atoms with Gasteiger partial charge in [0.25, 0.3) is 0 Å². The third-order valence-corrected chi connectivity index (χ3v) is 3.02. The van der Waals surface area contributed by atoms with Crippen LogP contribution >= 0.6 is 36.7 Å². The maximum absolute atomic E-state index is 5.07. The highest BCUT2D eigenvalue weighted by molar-refractivity contribution is 7.83. The van der Waals surface area contributed by atoms with Gasteiger partial charge in [-0.05, 0) is 26.1 Å². The van der Waals surface area contributed by atoms with E-state index in [1.165, 1.54) is 0 Å². The van der Waals surface area contributed by atoms with Crippen molar-refractivity contribution in [2.75, 3.05) is 0 Å². The molecule has 1 heterocycles. The second-order valence-corrected chi connectivity index (χ2v) is 4.09. The second-order valence-electron chi connectivity index (χ2n) is 2.86. The molecule has 2 nitrogen and oxygen atoms in total. The topological polar surface area (TPSA) is 24.1 Å². The molecule has 2 N–H and O–H groups in total. The van der Waals surface area contributed by atoms with Crippen LogP contribution in [0.3, 0.4) is 0 Å². The highest BCUT2D eigenvalue weighted by Crippen LogP contribution is 2.20. The Morgan fingerprint density at radius 3 is 1.73 bits per heavy atom. The summed E-state index contributed by atoms with van der Waals surface area (Å²) >= 11 is 15.0. The summed E-state index contributed by atoms with van der Waals surface area (Å²) in [6.07, 6.45) is 0. The minimum absolute atomic E-state index is 0.271. The standard InChI is InChI=1S/C6H8N2S3/c1-6(2)3(9)7-5(11)8-4(6)10/h1-2H3,(H2,7,8,9,10,11). The maximum atomic E-state index is 5.07. The van der Waals surface area contributed by atoms with Crippen LogP contribution in [0.25, 0.3) is 0 Å². The van der Waals surface area contributed by atoms with E-state index >= 15 is 0 Å². The Hall–Kier alpha value is -0.130. The normalized spacial score (nSPS) is 22.5. The van der Waals surface area contributed by atoms with Crippen molar-refractivity contribution in [1.29, 1.82) is 0 Å². The summed E-state index contributed by atoms with van der Waals surface area (Å²) in [5.41, 5.74) is -0.271. The van der Waals surface area contributed by atoms with E-state index in [-0.39, 0.29) is 5.41 Å². The molecule has 0 atom stereocenters. The van der Waals surface area contributed by atoms with E-state index in [0.717, 1.165) is 0 Å². The molecule has 5 heteroatoms. The average Bonchev–Trinajstić information content (AvgIpc) is 1.84. The first-order valence-electron chi connectivity index (χ1n) is 3.11. The minimum atomic E-state index is -0.271. The van der Waals surface area contributed by atoms with Crippen LogP contribution in [0.1, 0.15) is 13.8 Å². The van der Waals surface area contributed by atoms with E-state index in [9.17, 15) is 0 Å². The zero-order chi connectivity index (χ0) is 8.65. The van der Waals surface area contributed by atoms with Crippen LogP contribution in [0.15, 0.2) is 0 Å². The van der Waals surface area contributed by atoms with E-state index in [1.54, 1.807) is 0 Å². The molecule has 0 amide bonds. The average molecular weight is 204 g/mol. The van der Waals surface area contributed by atoms with E-state index in [0.29, 0.717) is 15.1 Å². The van der Waals surface area contributed by atoms with Crippen LogP contribution in [-0.2, 0) is 0 Å². The fraction of sp³-hybridized carbons (Fsp3) is 0.500. The molecule has 11 heavy (non-hydrogen) atoms. The Balaban J connectivity index is 2.93. The van der Waals surface area contributed by atoms with Crippen LogP contribution in [0.2, 0.25) is 0 Å². The van der Waals surface area contributed by atoms with E-state index in [1.807, 2.05) is 13.8 Å². The van der Waals surface area contributed by atoms with E-state index in [4.69, 9.17) is 36.7 Å². The van der Waals surface area contributed by atoms with Crippen molar-refractivity contribution in [3.8, 4) is 0 Å². The van der Waals surface area contributed by atoms with Crippen LogP contribution in [-0.4, -0.2) is 15.1 Å². The first-order chi connectivity index (χ1) is 4.94. The quantitative estimate of drug-likeness (QED) is 0.577. The Labute approximate surface area is 81.7 Å². The van der Waals surface area contributed by atoms with Gasteiger partial charge in [0.05, 0.1) is 15.4 Å². The van der Waals surface area contributed by atoms with Gasteiger partial charge >= 0.3 is 0 Å². The molecule has 1 saturated heterocycles. The van der Waals surface area contributed by atoms with Gasteiger partial charge < -0.3 is 10.6 Å². The molecule has 0 radical (unpaired) electrons. The van der Waals surface area contributed by atoms with Gasteiger partial charge in [-0.25, -0.2) is 0 Å². The lowest BCUT2D eigenvalue weighted by Crippen LogP contribution is -2.58. The van der Waals surface area contributed by atoms with Gasteiger partial charge in [0.1, 0.15) is 0 Å². The Bertz CT molecular complexity index is 222. The number of hydrogen-bond acceptors (Lipinski definition) is 3. The lowest BCUT2D eigenvalue weighted by Gasteiger charge is -2.33. The van der Waals surface area contributed by atoms with Crippen molar-refractivity contribution in [1.82, 2.24) is 10.6 Å². The fourth-order valence-electron chi connectivity index (χ4n) is 0.653. The highest BCUT2D eigenvalue weighted by Gasteiger charge is 2.33. The lowest BCUT2D eigenvalue weighted by molar-refractivity contribution is 0.704. The van der Waals surface area contributed by atoms with Gasteiger partial charge in [-0.1, -0.05) is 24.4 Å². The van der Waals surface area contributed by atoms with Crippen molar-refractivity contribution in [3.63, 3.8) is 0 Å². The van der Waals surface area contributed by atoms with Gasteiger partial charge in [0.2, 0.25) is 0 Å². The highest BCUT2D eigenvalue weighted by atomic mass is 32.1. The molecule has 0 unspecified atom stereocenters. The molecule has 0 saturated carbocycles. The largest absolute Gasteiger partial charge is 0.326 e. The predicted octanol–water partition coefficient (Wildman–Crippen LogP) is 1.15. The fourth-order valence-corrected chi connectivity index (χ4v) is 1.46. The first kappa shape index (κ1) is 8.96. The molecular formula is C6H8N2S3.